The summed E-state index contributed by atoms with van der Waals surface area (Å²) in [7, 11) is 0. The summed E-state index contributed by atoms with van der Waals surface area (Å²) < 4.78 is 40.0. The molecule has 1 aromatic heterocycles. The van der Waals surface area contributed by atoms with Crippen molar-refractivity contribution in [3.63, 3.8) is 0 Å². The van der Waals surface area contributed by atoms with Crippen LogP contribution in [0.15, 0.2) is 60.8 Å². The van der Waals surface area contributed by atoms with Crippen molar-refractivity contribution >= 4 is 17.3 Å². The smallest absolute Gasteiger partial charge is 0.270 e. The minimum Gasteiger partial charge on any atom is -0.353 e. The summed E-state index contributed by atoms with van der Waals surface area (Å²) in [5.41, 5.74) is 1.11. The van der Waals surface area contributed by atoms with Crippen molar-refractivity contribution in [1.29, 1.82) is 0 Å². The lowest BCUT2D eigenvalue weighted by molar-refractivity contribution is 0.0946. The standard InChI is InChI=1S/C19H14F3N3O/c20-14-6-7-15(18(22)17(14)21)25-13-8-9-23-16(10-13)19(26)24-11-12-4-2-1-3-5-12/h1-10H,11H2,(H,23,25)(H,24,26). The van der Waals surface area contributed by atoms with Crippen LogP contribution in [0.4, 0.5) is 24.5 Å². The number of anilines is 2. The predicted molar refractivity (Wildman–Crippen MR) is 91.4 cm³/mol. The number of rotatable bonds is 5. The Bertz CT molecular complexity index is 933. The maximum absolute atomic E-state index is 13.7. The predicted octanol–water partition coefficient (Wildman–Crippen LogP) is 4.17. The van der Waals surface area contributed by atoms with Crippen molar-refractivity contribution in [2.45, 2.75) is 6.54 Å². The zero-order valence-corrected chi connectivity index (χ0v) is 13.5. The number of amides is 1. The number of halogens is 3. The molecule has 1 heterocycles. The lowest BCUT2D eigenvalue weighted by Crippen LogP contribution is -2.23. The first-order chi connectivity index (χ1) is 12.5. The van der Waals surface area contributed by atoms with Crippen LogP contribution >= 0.6 is 0 Å². The average molecular weight is 357 g/mol. The quantitative estimate of drug-likeness (QED) is 0.674. The molecule has 0 aliphatic carbocycles. The van der Waals surface area contributed by atoms with Crippen LogP contribution in [0.3, 0.4) is 0 Å². The Hall–Kier alpha value is -3.35. The number of carbonyl (C=O) groups is 1. The number of carbonyl (C=O) groups excluding carboxylic acids is 1. The molecular formula is C19H14F3N3O. The Morgan fingerprint density at radius 3 is 2.50 bits per heavy atom. The van der Waals surface area contributed by atoms with Gasteiger partial charge in [0, 0.05) is 18.4 Å². The van der Waals surface area contributed by atoms with Gasteiger partial charge in [-0.05, 0) is 29.8 Å². The van der Waals surface area contributed by atoms with E-state index in [0.717, 1.165) is 17.7 Å². The van der Waals surface area contributed by atoms with E-state index >= 15 is 0 Å². The third-order valence-corrected chi connectivity index (χ3v) is 3.60. The van der Waals surface area contributed by atoms with Crippen molar-refractivity contribution in [2.75, 3.05) is 5.32 Å². The zero-order chi connectivity index (χ0) is 18.5. The van der Waals surface area contributed by atoms with E-state index in [1.807, 2.05) is 30.3 Å². The number of nitrogens with one attached hydrogen (secondary N) is 2. The van der Waals surface area contributed by atoms with Gasteiger partial charge in [-0.25, -0.2) is 13.2 Å². The molecular weight excluding hydrogens is 343 g/mol. The second-order valence-electron chi connectivity index (χ2n) is 5.45. The third-order valence-electron chi connectivity index (χ3n) is 3.60. The van der Waals surface area contributed by atoms with Crippen LogP contribution < -0.4 is 10.6 Å². The van der Waals surface area contributed by atoms with Gasteiger partial charge in [0.2, 0.25) is 0 Å². The van der Waals surface area contributed by atoms with E-state index in [-0.39, 0.29) is 11.4 Å². The van der Waals surface area contributed by atoms with Crippen LogP contribution in [0, 0.1) is 17.5 Å². The molecule has 0 radical (unpaired) electrons. The van der Waals surface area contributed by atoms with Gasteiger partial charge in [0.15, 0.2) is 17.5 Å². The fraction of sp³-hybridized carbons (Fsp3) is 0.0526. The second kappa shape index (κ2) is 7.69. The first-order valence-corrected chi connectivity index (χ1v) is 7.73. The highest BCUT2D eigenvalue weighted by Gasteiger charge is 2.14. The molecule has 0 bridgehead atoms. The van der Waals surface area contributed by atoms with Crippen LogP contribution in [0.5, 0.6) is 0 Å². The topological polar surface area (TPSA) is 54.0 Å². The third kappa shape index (κ3) is 4.00. The SMILES string of the molecule is O=C(NCc1ccccc1)c1cc(Nc2ccc(F)c(F)c2F)ccn1. The van der Waals surface area contributed by atoms with E-state index in [1.54, 1.807) is 0 Å². The zero-order valence-electron chi connectivity index (χ0n) is 13.5. The molecule has 26 heavy (non-hydrogen) atoms. The van der Waals surface area contributed by atoms with Crippen molar-refractivity contribution in [3.8, 4) is 0 Å². The maximum Gasteiger partial charge on any atom is 0.270 e. The number of benzene rings is 2. The molecule has 0 aliphatic heterocycles. The van der Waals surface area contributed by atoms with E-state index in [1.165, 1.54) is 18.3 Å². The van der Waals surface area contributed by atoms with E-state index in [9.17, 15) is 18.0 Å². The molecule has 4 nitrogen and oxygen atoms in total. The van der Waals surface area contributed by atoms with Crippen molar-refractivity contribution < 1.29 is 18.0 Å². The monoisotopic (exact) mass is 357 g/mol. The van der Waals surface area contributed by atoms with Crippen molar-refractivity contribution in [3.05, 3.63) is 89.5 Å². The highest BCUT2D eigenvalue weighted by atomic mass is 19.2. The van der Waals surface area contributed by atoms with Gasteiger partial charge in [0.25, 0.3) is 5.91 Å². The van der Waals surface area contributed by atoms with Gasteiger partial charge in [0.1, 0.15) is 5.69 Å². The summed E-state index contributed by atoms with van der Waals surface area (Å²) in [4.78, 5) is 16.2. The second-order valence-corrected chi connectivity index (χ2v) is 5.45. The molecule has 0 unspecified atom stereocenters. The first-order valence-electron chi connectivity index (χ1n) is 7.73. The normalized spacial score (nSPS) is 10.4. The average Bonchev–Trinajstić information content (AvgIpc) is 2.67. The molecule has 2 aromatic carbocycles. The van der Waals surface area contributed by atoms with Crippen LogP contribution in [0.25, 0.3) is 0 Å². The van der Waals surface area contributed by atoms with Gasteiger partial charge >= 0.3 is 0 Å². The van der Waals surface area contributed by atoms with E-state index in [0.29, 0.717) is 12.2 Å². The molecule has 0 atom stereocenters. The van der Waals surface area contributed by atoms with Crippen LogP contribution in [0.1, 0.15) is 16.1 Å². The van der Waals surface area contributed by atoms with Crippen molar-refractivity contribution in [1.82, 2.24) is 10.3 Å². The number of hydrogen-bond donors (Lipinski definition) is 2. The summed E-state index contributed by atoms with van der Waals surface area (Å²) in [6.07, 6.45) is 1.36. The number of aromatic nitrogens is 1. The number of pyridine rings is 1. The molecule has 0 saturated carbocycles. The molecule has 0 spiro atoms. The maximum atomic E-state index is 13.7. The molecule has 0 aliphatic rings. The van der Waals surface area contributed by atoms with Gasteiger partial charge in [-0.1, -0.05) is 30.3 Å². The van der Waals surface area contributed by atoms with E-state index in [2.05, 4.69) is 15.6 Å². The Morgan fingerprint density at radius 2 is 1.73 bits per heavy atom. The fourth-order valence-corrected chi connectivity index (χ4v) is 2.28. The fourth-order valence-electron chi connectivity index (χ4n) is 2.28. The number of hydrogen-bond acceptors (Lipinski definition) is 3. The first kappa shape index (κ1) is 17.5. The lowest BCUT2D eigenvalue weighted by Gasteiger charge is -2.10. The summed E-state index contributed by atoms with van der Waals surface area (Å²) in [5.74, 6) is -4.59. The lowest BCUT2D eigenvalue weighted by atomic mass is 10.2. The van der Waals surface area contributed by atoms with Gasteiger partial charge in [0.05, 0.1) is 5.69 Å². The summed E-state index contributed by atoms with van der Waals surface area (Å²) in [6.45, 7) is 0.330. The van der Waals surface area contributed by atoms with Crippen molar-refractivity contribution in [2.24, 2.45) is 0 Å². The molecule has 132 valence electrons. The minimum absolute atomic E-state index is 0.105. The van der Waals surface area contributed by atoms with E-state index in [4.69, 9.17) is 0 Å². The van der Waals surface area contributed by atoms with Crippen LogP contribution in [-0.2, 0) is 6.54 Å². The van der Waals surface area contributed by atoms with Crippen LogP contribution in [-0.4, -0.2) is 10.9 Å². The van der Waals surface area contributed by atoms with Gasteiger partial charge in [-0.15, -0.1) is 0 Å². The number of nitrogens with zero attached hydrogens (tertiary/aromatic N) is 1. The molecule has 3 rings (SSSR count). The Kier molecular flexibility index (Phi) is 5.17. The van der Waals surface area contributed by atoms with E-state index < -0.39 is 23.4 Å². The summed E-state index contributed by atoms with van der Waals surface area (Å²) in [6, 6.07) is 14.1. The minimum atomic E-state index is -1.56. The molecule has 7 heteroatoms. The van der Waals surface area contributed by atoms with Gasteiger partial charge in [-0.3, -0.25) is 9.78 Å². The largest absolute Gasteiger partial charge is 0.353 e. The van der Waals surface area contributed by atoms with Gasteiger partial charge < -0.3 is 10.6 Å². The molecule has 1 amide bonds. The highest BCUT2D eigenvalue weighted by Crippen LogP contribution is 2.23. The Morgan fingerprint density at radius 1 is 0.962 bits per heavy atom. The Balaban J connectivity index is 1.72. The summed E-state index contributed by atoms with van der Waals surface area (Å²) >= 11 is 0. The Labute approximate surface area is 147 Å². The van der Waals surface area contributed by atoms with Gasteiger partial charge in [-0.2, -0.15) is 0 Å². The highest BCUT2D eigenvalue weighted by molar-refractivity contribution is 5.93. The summed E-state index contributed by atoms with van der Waals surface area (Å²) in [5, 5.41) is 5.33. The molecule has 3 aromatic rings. The molecule has 2 N–H and O–H groups in total. The molecule has 0 fully saturated rings. The van der Waals surface area contributed by atoms with Crippen LogP contribution in [0.2, 0.25) is 0 Å². The molecule has 0 saturated heterocycles.